The quantitative estimate of drug-likeness (QED) is 0.681. The largest absolute Gasteiger partial charge is 0.388 e. The molecule has 0 aromatic carbocycles. The minimum Gasteiger partial charge on any atom is -0.388 e. The molecule has 1 aliphatic carbocycles. The van der Waals surface area contributed by atoms with Crippen LogP contribution >= 0.6 is 0 Å². The molecule has 3 nitrogen and oxygen atoms in total. The molecule has 3 heteroatoms. The smallest absolute Gasteiger partial charge is 0.0813 e. The van der Waals surface area contributed by atoms with Crippen molar-refractivity contribution in [2.75, 3.05) is 19.7 Å². The highest BCUT2D eigenvalue weighted by Crippen LogP contribution is 2.47. The fraction of sp³-hybridized carbons (Fsp3) is 1.00. The SMILES string of the molecule is OC1(C2CCOC3(CCC3)C2)CCNC1. The molecule has 0 aromatic heterocycles. The van der Waals surface area contributed by atoms with Crippen LogP contribution < -0.4 is 5.32 Å². The fourth-order valence-electron chi connectivity index (χ4n) is 3.45. The van der Waals surface area contributed by atoms with E-state index in [4.69, 9.17) is 4.74 Å². The van der Waals surface area contributed by atoms with Crippen molar-refractivity contribution in [3.8, 4) is 0 Å². The van der Waals surface area contributed by atoms with Crippen LogP contribution in [-0.4, -0.2) is 36.0 Å². The zero-order valence-electron chi connectivity index (χ0n) is 9.30. The molecule has 2 atom stereocenters. The lowest BCUT2D eigenvalue weighted by Gasteiger charge is -2.50. The molecule has 2 N–H and O–H groups in total. The Kier molecular flexibility index (Phi) is 2.31. The van der Waals surface area contributed by atoms with Crippen molar-refractivity contribution in [3.05, 3.63) is 0 Å². The summed E-state index contributed by atoms with van der Waals surface area (Å²) < 4.78 is 5.90. The van der Waals surface area contributed by atoms with Gasteiger partial charge in [-0.15, -0.1) is 0 Å². The van der Waals surface area contributed by atoms with E-state index in [-0.39, 0.29) is 5.60 Å². The van der Waals surface area contributed by atoms with Gasteiger partial charge < -0.3 is 15.2 Å². The first kappa shape index (κ1) is 10.1. The van der Waals surface area contributed by atoms with Gasteiger partial charge in [0, 0.05) is 13.2 Å². The highest BCUT2D eigenvalue weighted by Gasteiger charge is 2.49. The number of β-amino-alcohol motifs (C(OH)–C–C–N with tert-alkyl or cyclic N) is 1. The van der Waals surface area contributed by atoms with E-state index in [2.05, 4.69) is 5.32 Å². The normalized spacial score (nSPS) is 44.2. The first-order valence-electron chi connectivity index (χ1n) is 6.30. The topological polar surface area (TPSA) is 41.5 Å². The van der Waals surface area contributed by atoms with Gasteiger partial charge in [0.25, 0.3) is 0 Å². The molecular weight excluding hydrogens is 190 g/mol. The Labute approximate surface area is 91.2 Å². The van der Waals surface area contributed by atoms with Crippen LogP contribution in [0, 0.1) is 5.92 Å². The summed E-state index contributed by atoms with van der Waals surface area (Å²) in [5.41, 5.74) is -0.270. The predicted molar refractivity (Wildman–Crippen MR) is 57.7 cm³/mol. The van der Waals surface area contributed by atoms with E-state index >= 15 is 0 Å². The number of nitrogens with one attached hydrogen (secondary N) is 1. The van der Waals surface area contributed by atoms with Gasteiger partial charge in [0.1, 0.15) is 0 Å². The van der Waals surface area contributed by atoms with Gasteiger partial charge >= 0.3 is 0 Å². The summed E-state index contributed by atoms with van der Waals surface area (Å²) in [5, 5.41) is 13.8. The molecule has 3 fully saturated rings. The van der Waals surface area contributed by atoms with Gasteiger partial charge in [-0.1, -0.05) is 0 Å². The first-order valence-corrected chi connectivity index (χ1v) is 6.30. The maximum atomic E-state index is 10.5. The molecule has 3 rings (SSSR count). The third-order valence-corrected chi connectivity index (χ3v) is 4.68. The minimum absolute atomic E-state index is 0.168. The van der Waals surface area contributed by atoms with Gasteiger partial charge in [-0.25, -0.2) is 0 Å². The zero-order valence-corrected chi connectivity index (χ0v) is 9.30. The lowest BCUT2D eigenvalue weighted by molar-refractivity contribution is -0.171. The summed E-state index contributed by atoms with van der Waals surface area (Å²) >= 11 is 0. The maximum absolute atomic E-state index is 10.5. The molecule has 0 aromatic rings. The molecule has 2 saturated heterocycles. The van der Waals surface area contributed by atoms with Gasteiger partial charge in [-0.2, -0.15) is 0 Å². The van der Waals surface area contributed by atoms with Crippen LogP contribution in [0.4, 0.5) is 0 Å². The van der Waals surface area contributed by atoms with Crippen LogP contribution in [0.3, 0.4) is 0 Å². The molecule has 0 bridgehead atoms. The second-order valence-corrected chi connectivity index (χ2v) is 5.61. The van der Waals surface area contributed by atoms with Crippen LogP contribution in [0.25, 0.3) is 0 Å². The number of rotatable bonds is 1. The Hall–Kier alpha value is -0.120. The lowest BCUT2D eigenvalue weighted by atomic mass is 9.67. The molecule has 0 radical (unpaired) electrons. The average molecular weight is 211 g/mol. The van der Waals surface area contributed by atoms with E-state index in [1.807, 2.05) is 0 Å². The molecule has 2 aliphatic heterocycles. The van der Waals surface area contributed by atoms with Crippen molar-refractivity contribution in [2.24, 2.45) is 5.92 Å². The molecule has 2 unspecified atom stereocenters. The van der Waals surface area contributed by atoms with E-state index < -0.39 is 5.60 Å². The van der Waals surface area contributed by atoms with Crippen LogP contribution in [0.5, 0.6) is 0 Å². The minimum atomic E-state index is -0.438. The Bertz CT molecular complexity index is 244. The van der Waals surface area contributed by atoms with Crippen LogP contribution in [0.1, 0.15) is 38.5 Å². The Morgan fingerprint density at radius 3 is 2.73 bits per heavy atom. The van der Waals surface area contributed by atoms with Crippen molar-refractivity contribution in [3.63, 3.8) is 0 Å². The Morgan fingerprint density at radius 1 is 1.27 bits per heavy atom. The first-order chi connectivity index (χ1) is 7.23. The standard InChI is InChI=1S/C12H21NO2/c14-12(5-6-13-9-12)10-2-7-15-11(8-10)3-1-4-11/h10,13-14H,1-9H2. The number of aliphatic hydroxyl groups is 1. The summed E-state index contributed by atoms with van der Waals surface area (Å²) in [4.78, 5) is 0. The highest BCUT2D eigenvalue weighted by molar-refractivity contribution is 5.02. The van der Waals surface area contributed by atoms with Crippen molar-refractivity contribution < 1.29 is 9.84 Å². The van der Waals surface area contributed by atoms with E-state index in [1.165, 1.54) is 19.3 Å². The second kappa shape index (κ2) is 3.44. The lowest BCUT2D eigenvalue weighted by Crippen LogP contribution is -2.52. The van der Waals surface area contributed by atoms with Crippen molar-refractivity contribution in [1.29, 1.82) is 0 Å². The summed E-state index contributed by atoms with van der Waals surface area (Å²) in [6.45, 7) is 2.61. The molecule has 0 amide bonds. The van der Waals surface area contributed by atoms with Crippen molar-refractivity contribution in [2.45, 2.75) is 49.7 Å². The number of hydrogen-bond acceptors (Lipinski definition) is 3. The summed E-state index contributed by atoms with van der Waals surface area (Å²) in [5.74, 6) is 0.460. The van der Waals surface area contributed by atoms with Crippen molar-refractivity contribution >= 4 is 0 Å². The Morgan fingerprint density at radius 2 is 2.13 bits per heavy atom. The van der Waals surface area contributed by atoms with E-state index in [0.717, 1.165) is 39.0 Å². The highest BCUT2D eigenvalue weighted by atomic mass is 16.5. The van der Waals surface area contributed by atoms with Crippen molar-refractivity contribution in [1.82, 2.24) is 5.32 Å². The van der Waals surface area contributed by atoms with Gasteiger partial charge in [0.15, 0.2) is 0 Å². The van der Waals surface area contributed by atoms with Gasteiger partial charge in [-0.05, 0) is 51.0 Å². The molecule has 1 spiro atoms. The number of ether oxygens (including phenoxy) is 1. The second-order valence-electron chi connectivity index (χ2n) is 5.61. The fourth-order valence-corrected chi connectivity index (χ4v) is 3.45. The molecule has 1 saturated carbocycles. The Balaban J connectivity index is 1.70. The van der Waals surface area contributed by atoms with E-state index in [0.29, 0.717) is 5.92 Å². The van der Waals surface area contributed by atoms with Gasteiger partial charge in [0.2, 0.25) is 0 Å². The van der Waals surface area contributed by atoms with Crippen LogP contribution in [0.15, 0.2) is 0 Å². The maximum Gasteiger partial charge on any atom is 0.0813 e. The third kappa shape index (κ3) is 1.61. The van der Waals surface area contributed by atoms with E-state index in [9.17, 15) is 5.11 Å². The molecule has 2 heterocycles. The van der Waals surface area contributed by atoms with Gasteiger partial charge in [-0.3, -0.25) is 0 Å². The molecule has 3 aliphatic rings. The summed E-state index contributed by atoms with van der Waals surface area (Å²) in [7, 11) is 0. The van der Waals surface area contributed by atoms with Gasteiger partial charge in [0.05, 0.1) is 11.2 Å². The summed E-state index contributed by atoms with van der Waals surface area (Å²) in [6, 6.07) is 0. The van der Waals surface area contributed by atoms with E-state index in [1.54, 1.807) is 0 Å². The monoisotopic (exact) mass is 211 g/mol. The van der Waals surface area contributed by atoms with Crippen LogP contribution in [-0.2, 0) is 4.74 Å². The molecule has 15 heavy (non-hydrogen) atoms. The molecule has 86 valence electrons. The zero-order chi connectivity index (χ0) is 10.4. The average Bonchev–Trinajstić information content (AvgIpc) is 2.65. The third-order valence-electron chi connectivity index (χ3n) is 4.68. The predicted octanol–water partition coefficient (Wildman–Crippen LogP) is 1.06. The summed E-state index contributed by atoms with van der Waals surface area (Å²) in [6.07, 6.45) is 6.79. The molecular formula is C12H21NO2. The van der Waals surface area contributed by atoms with Crippen LogP contribution in [0.2, 0.25) is 0 Å². The number of hydrogen-bond donors (Lipinski definition) is 2.